The summed E-state index contributed by atoms with van der Waals surface area (Å²) >= 11 is 3.51. The van der Waals surface area contributed by atoms with Gasteiger partial charge in [0.2, 0.25) is 0 Å². The number of hydrogen-bond acceptors (Lipinski definition) is 6. The molecule has 2 aliphatic heterocycles. The maximum atomic E-state index is 13.8. The standard InChI is InChI=1S/C29H24BrNO.C29H22O2.C25H24O.C23H20O2/c1-16-13-23-26(21-8-6-5-7-20(16)21)27-22-15-31(19-11-9-18(30)10-12-19)28(32)25(22)17(2)14-24(27)29(23,3)4;1-15-13-21-24(18-10-6-5-9-17(15)18)25-22(29(21,3)4)14-16(2)23-26(25)28(31)20-12-8-7-11-19(20)27(23)30;1-14-12-19-23(17-9-6-5-8-16(14)17)24-18-10-7-11-21(26)22(18)15(2)13-20(24)25(19,3)4;1-12-9-17-20(15-8-6-5-7-14(12)15)21-16-11-25-22(24)19(16)13(2)10-18(21)23(17,3)4/h5-14H,15H2,1-4H3;5-14H,1-4H3;5-6,8-9,12-13H,7,10-11H2,1-4H3;5-10H,11H2,1-4H3. The second kappa shape index (κ2) is 25.5. The maximum absolute atomic E-state index is 13.8. The van der Waals surface area contributed by atoms with E-state index in [1.54, 1.807) is 12.1 Å². The zero-order valence-corrected chi connectivity index (χ0v) is 69.4. The van der Waals surface area contributed by atoms with Gasteiger partial charge in [-0.15, -0.1) is 0 Å². The van der Waals surface area contributed by atoms with Crippen molar-refractivity contribution in [3.8, 4) is 44.5 Å². The fourth-order valence-electron chi connectivity index (χ4n) is 21.6. The van der Waals surface area contributed by atoms with Crippen LogP contribution in [0.1, 0.15) is 237 Å². The zero-order valence-electron chi connectivity index (χ0n) is 67.8. The van der Waals surface area contributed by atoms with Crippen LogP contribution in [0.25, 0.3) is 87.6 Å². The molecular formula is C106H90BrNO6. The molecule has 0 saturated heterocycles. The number of cyclic esters (lactones) is 1. The number of halogens is 1. The lowest BCUT2D eigenvalue weighted by Gasteiger charge is -2.25. The summed E-state index contributed by atoms with van der Waals surface area (Å²) in [6.07, 6.45) is 2.68. The molecular weight excluding hydrogens is 1460 g/mol. The number of benzene rings is 14. The van der Waals surface area contributed by atoms with E-state index in [1.165, 1.54) is 143 Å². The molecule has 0 atom stereocenters. The Morgan fingerprint density at radius 3 is 1.06 bits per heavy atom. The van der Waals surface area contributed by atoms with Gasteiger partial charge in [-0.2, -0.15) is 0 Å². The first-order valence-corrected chi connectivity index (χ1v) is 41.0. The summed E-state index contributed by atoms with van der Waals surface area (Å²) in [4.78, 5) is 67.8. The van der Waals surface area contributed by atoms with Crippen LogP contribution in [0.15, 0.2) is 199 Å². The van der Waals surface area contributed by atoms with Gasteiger partial charge in [-0.3, -0.25) is 19.2 Å². The Kier molecular flexibility index (Phi) is 16.3. The van der Waals surface area contributed by atoms with Gasteiger partial charge in [0, 0.05) is 77.2 Å². The highest BCUT2D eigenvalue weighted by Gasteiger charge is 2.48. The van der Waals surface area contributed by atoms with Crippen molar-refractivity contribution in [3.05, 3.63) is 343 Å². The van der Waals surface area contributed by atoms with E-state index >= 15 is 0 Å². The summed E-state index contributed by atoms with van der Waals surface area (Å²) < 4.78 is 6.42. The van der Waals surface area contributed by atoms with E-state index in [-0.39, 0.29) is 45.1 Å². The first kappa shape index (κ1) is 72.8. The molecule has 0 radical (unpaired) electrons. The molecule has 0 spiro atoms. The molecule has 0 N–H and O–H groups in total. The van der Waals surface area contributed by atoms with Gasteiger partial charge in [0.15, 0.2) is 17.3 Å². The van der Waals surface area contributed by atoms with Crippen LogP contribution in [0.4, 0.5) is 5.69 Å². The van der Waals surface area contributed by atoms with E-state index in [4.69, 9.17) is 4.74 Å². The first-order valence-electron chi connectivity index (χ1n) is 40.2. The van der Waals surface area contributed by atoms with Gasteiger partial charge in [-0.1, -0.05) is 241 Å². The van der Waals surface area contributed by atoms with Crippen molar-refractivity contribution in [1.29, 1.82) is 0 Å². The lowest BCUT2D eigenvalue weighted by atomic mass is 9.76. The van der Waals surface area contributed by atoms with Crippen LogP contribution in [0.3, 0.4) is 0 Å². The van der Waals surface area contributed by atoms with Crippen molar-refractivity contribution >= 4 is 93.9 Å². The van der Waals surface area contributed by atoms with Crippen molar-refractivity contribution in [1.82, 2.24) is 0 Å². The predicted octanol–water partition coefficient (Wildman–Crippen LogP) is 25.9. The number of aryl methyl sites for hydroxylation is 8. The summed E-state index contributed by atoms with van der Waals surface area (Å²) in [5.41, 5.74) is 38.6. The highest BCUT2D eigenvalue weighted by Crippen LogP contribution is 2.61. The van der Waals surface area contributed by atoms with Crippen LogP contribution in [0.5, 0.6) is 0 Å². The van der Waals surface area contributed by atoms with Gasteiger partial charge in [-0.25, -0.2) is 4.79 Å². The number of carbonyl (C=O) groups excluding carboxylic acids is 5. The van der Waals surface area contributed by atoms with Crippen LogP contribution in [0, 0.1) is 55.4 Å². The van der Waals surface area contributed by atoms with Crippen molar-refractivity contribution in [2.75, 3.05) is 4.90 Å². The maximum Gasteiger partial charge on any atom is 0.339 e. The highest BCUT2D eigenvalue weighted by atomic mass is 79.9. The Labute approximate surface area is 675 Å². The predicted molar refractivity (Wildman–Crippen MR) is 468 cm³/mol. The fraction of sp³-hybridized carbons (Fsp3) is 0.236. The monoisotopic (exact) mass is 1550 g/mol. The second-order valence-electron chi connectivity index (χ2n) is 35.3. The lowest BCUT2D eigenvalue weighted by molar-refractivity contribution is 0.0534. The topological polar surface area (TPSA) is 97.8 Å². The average Bonchev–Trinajstić information content (AvgIpc) is 1.57. The number of nitrogens with zero attached hydrogens (tertiary/aromatic N) is 1. The van der Waals surface area contributed by atoms with E-state index < -0.39 is 0 Å². The van der Waals surface area contributed by atoms with Gasteiger partial charge >= 0.3 is 5.97 Å². The van der Waals surface area contributed by atoms with E-state index in [1.807, 2.05) is 55.1 Å². The number of carbonyl (C=O) groups is 5. The quantitative estimate of drug-likeness (QED) is 0.152. The molecule has 1 amide bonds. The highest BCUT2D eigenvalue weighted by molar-refractivity contribution is 9.10. The molecule has 562 valence electrons. The molecule has 22 rings (SSSR count). The van der Waals surface area contributed by atoms with E-state index in [0.29, 0.717) is 47.6 Å². The third-order valence-corrected chi connectivity index (χ3v) is 27.8. The molecule has 7 nitrogen and oxygen atoms in total. The number of rotatable bonds is 1. The number of Topliss-reactive ketones (excluding diaryl/α,β-unsaturated/α-hetero) is 1. The molecule has 2 heterocycles. The normalized spacial score (nSPS) is 16.2. The van der Waals surface area contributed by atoms with E-state index in [2.05, 4.69) is 258 Å². The summed E-state index contributed by atoms with van der Waals surface area (Å²) in [5, 5.41) is 10.1. The largest absolute Gasteiger partial charge is 0.457 e. The summed E-state index contributed by atoms with van der Waals surface area (Å²) in [6.45, 7) is 36.3. The molecule has 8 heteroatoms. The summed E-state index contributed by atoms with van der Waals surface area (Å²) in [5.74, 6) is 0.157. The third kappa shape index (κ3) is 10.2. The summed E-state index contributed by atoms with van der Waals surface area (Å²) in [7, 11) is 0. The van der Waals surface area contributed by atoms with Gasteiger partial charge in [0.25, 0.3) is 5.91 Å². The Morgan fingerprint density at radius 2 is 0.632 bits per heavy atom. The van der Waals surface area contributed by atoms with Gasteiger partial charge in [-0.05, 0) is 280 Å². The van der Waals surface area contributed by atoms with E-state index in [0.717, 1.165) is 89.6 Å². The van der Waals surface area contributed by atoms with Crippen molar-refractivity contribution in [2.45, 2.75) is 165 Å². The van der Waals surface area contributed by atoms with Gasteiger partial charge in [0.1, 0.15) is 6.61 Å². The molecule has 114 heavy (non-hydrogen) atoms. The zero-order chi connectivity index (χ0) is 79.7. The van der Waals surface area contributed by atoms with Crippen LogP contribution in [0.2, 0.25) is 0 Å². The Bertz CT molecular complexity index is 6810. The minimum Gasteiger partial charge on any atom is -0.457 e. The second-order valence-corrected chi connectivity index (χ2v) is 36.3. The van der Waals surface area contributed by atoms with Crippen molar-refractivity contribution in [2.24, 2.45) is 0 Å². The SMILES string of the molecule is Cc1cc2c(c3c1C(=O)CCC3)-c1c(cc(C)c3ccccc13)C2(C)C.Cc1cc2c(c3c1C(=O)N(c1ccc(Br)cc1)C3)-c1c(cc(C)c3ccccc13)C2(C)C.Cc1cc2c(c3c1C(=O)OC3)-c1c(cc(C)c3ccccc13)C2(C)C.Cc1cc2c(c3c1C(=O)c1ccccc1C3=O)-c1c(cc(C)c3ccccc13)C2(C)C. The minimum atomic E-state index is -0.250. The third-order valence-electron chi connectivity index (χ3n) is 27.2. The smallest absolute Gasteiger partial charge is 0.339 e. The van der Waals surface area contributed by atoms with Crippen LogP contribution in [-0.4, -0.2) is 29.2 Å². The van der Waals surface area contributed by atoms with E-state index in [9.17, 15) is 24.0 Å². The van der Waals surface area contributed by atoms with Crippen LogP contribution >= 0.6 is 15.9 Å². The molecule has 0 unspecified atom stereocenters. The molecule has 0 saturated carbocycles. The van der Waals surface area contributed by atoms with Crippen molar-refractivity contribution in [3.63, 3.8) is 0 Å². The Hall–Kier alpha value is -11.5. The molecule has 6 aliphatic carbocycles. The molecule has 14 aromatic rings. The number of esters is 1. The number of anilines is 1. The minimum absolute atomic E-state index is 0.0280. The Balaban J connectivity index is 0.000000102. The molecule has 8 aliphatic rings. The molecule has 0 bridgehead atoms. The molecule has 0 aromatic heterocycles. The first-order chi connectivity index (χ1) is 54.4. The lowest BCUT2D eigenvalue weighted by Crippen LogP contribution is -2.24. The Morgan fingerprint density at radius 1 is 0.307 bits per heavy atom. The fourth-order valence-corrected chi connectivity index (χ4v) is 21.8. The summed E-state index contributed by atoms with van der Waals surface area (Å²) in [6, 6.07) is 67.9. The number of fused-ring (bicyclic) bond motifs is 29. The van der Waals surface area contributed by atoms with Gasteiger partial charge < -0.3 is 9.64 Å². The average molecular weight is 1550 g/mol. The van der Waals surface area contributed by atoms with Crippen molar-refractivity contribution < 1.29 is 28.7 Å². The van der Waals surface area contributed by atoms with Crippen LogP contribution in [-0.2, 0) is 46.0 Å². The molecule has 14 aromatic carbocycles. The number of ether oxygens (including phenoxy) is 1. The number of ketones is 3. The molecule has 0 fully saturated rings. The van der Waals surface area contributed by atoms with Gasteiger partial charge in [0.05, 0.1) is 12.1 Å². The number of hydrogen-bond donors (Lipinski definition) is 0. The van der Waals surface area contributed by atoms with Crippen LogP contribution < -0.4 is 4.90 Å². The number of amides is 1.